The Morgan fingerprint density at radius 1 is 1.00 bits per heavy atom. The van der Waals surface area contributed by atoms with Crippen LogP contribution in [0, 0.1) is 0 Å². The lowest BCUT2D eigenvalue weighted by Gasteiger charge is -2.36. The second-order valence-corrected chi connectivity index (χ2v) is 5.58. The Labute approximate surface area is 87.4 Å². The molecule has 82 valence electrons. The van der Waals surface area contributed by atoms with Gasteiger partial charge in [0.05, 0.1) is 5.60 Å². The zero-order valence-electron chi connectivity index (χ0n) is 9.57. The largest absolute Gasteiger partial charge is 0.374 e. The maximum atomic E-state index is 6.10. The number of ether oxygens (including phenoxy) is 1. The van der Waals surface area contributed by atoms with E-state index in [2.05, 4.69) is 19.2 Å². The molecule has 1 heterocycles. The van der Waals surface area contributed by atoms with Crippen LogP contribution in [0.1, 0.15) is 52.4 Å². The van der Waals surface area contributed by atoms with Gasteiger partial charge in [0, 0.05) is 18.7 Å². The van der Waals surface area contributed by atoms with Crippen molar-refractivity contribution in [1.29, 1.82) is 0 Å². The molecule has 1 saturated carbocycles. The first kappa shape index (κ1) is 10.4. The van der Waals surface area contributed by atoms with E-state index in [0.717, 1.165) is 19.6 Å². The van der Waals surface area contributed by atoms with Gasteiger partial charge in [-0.05, 0) is 33.1 Å². The molecule has 0 bridgehead atoms. The number of nitrogens with one attached hydrogen (secondary N) is 1. The van der Waals surface area contributed by atoms with Gasteiger partial charge in [0.2, 0.25) is 0 Å². The predicted molar refractivity (Wildman–Crippen MR) is 58.5 cm³/mol. The summed E-state index contributed by atoms with van der Waals surface area (Å²) in [6, 6.07) is 0. The fourth-order valence-corrected chi connectivity index (χ4v) is 2.58. The molecule has 14 heavy (non-hydrogen) atoms. The summed E-state index contributed by atoms with van der Waals surface area (Å²) in [5.41, 5.74) is 0.451. The van der Waals surface area contributed by atoms with Crippen LogP contribution in [-0.4, -0.2) is 24.3 Å². The highest BCUT2D eigenvalue weighted by Gasteiger charge is 2.37. The maximum absolute atomic E-state index is 6.10. The number of hydrogen-bond acceptors (Lipinski definition) is 2. The van der Waals surface area contributed by atoms with Gasteiger partial charge in [0.25, 0.3) is 0 Å². The van der Waals surface area contributed by atoms with Crippen LogP contribution >= 0.6 is 0 Å². The molecule has 1 spiro atoms. The van der Waals surface area contributed by atoms with Gasteiger partial charge in [-0.3, -0.25) is 0 Å². The summed E-state index contributed by atoms with van der Waals surface area (Å²) < 4.78 is 6.10. The molecule has 2 rings (SSSR count). The van der Waals surface area contributed by atoms with E-state index in [0.29, 0.717) is 0 Å². The van der Waals surface area contributed by atoms with Crippen molar-refractivity contribution in [3.05, 3.63) is 0 Å². The molecule has 1 aliphatic heterocycles. The van der Waals surface area contributed by atoms with E-state index >= 15 is 0 Å². The Bertz CT molecular complexity index is 194. The summed E-state index contributed by atoms with van der Waals surface area (Å²) in [6.07, 6.45) is 7.75. The highest BCUT2D eigenvalue weighted by molar-refractivity contribution is 4.92. The minimum Gasteiger partial charge on any atom is -0.374 e. The van der Waals surface area contributed by atoms with E-state index in [9.17, 15) is 0 Å². The van der Waals surface area contributed by atoms with Crippen molar-refractivity contribution in [3.8, 4) is 0 Å². The summed E-state index contributed by atoms with van der Waals surface area (Å²) in [7, 11) is 0. The van der Waals surface area contributed by atoms with Crippen LogP contribution in [0.15, 0.2) is 0 Å². The van der Waals surface area contributed by atoms with Crippen LogP contribution in [0.2, 0.25) is 0 Å². The van der Waals surface area contributed by atoms with Gasteiger partial charge in [0.1, 0.15) is 0 Å². The van der Waals surface area contributed by atoms with Gasteiger partial charge in [-0.25, -0.2) is 0 Å². The second kappa shape index (κ2) is 3.82. The molecule has 2 aliphatic rings. The average molecular weight is 197 g/mol. The quantitative estimate of drug-likeness (QED) is 0.644. The monoisotopic (exact) mass is 197 g/mol. The molecule has 0 aromatic carbocycles. The Morgan fingerprint density at radius 3 is 2.43 bits per heavy atom. The standard InChI is InChI=1S/C12H23NO/c1-11(2)8-9-14-12(10-13-11)6-4-3-5-7-12/h13H,3-10H2,1-2H3. The minimum absolute atomic E-state index is 0.187. The average Bonchev–Trinajstić information content (AvgIpc) is 2.29. The van der Waals surface area contributed by atoms with Gasteiger partial charge in [-0.2, -0.15) is 0 Å². The summed E-state index contributed by atoms with van der Waals surface area (Å²) in [5.74, 6) is 0. The van der Waals surface area contributed by atoms with Crippen LogP contribution in [0.25, 0.3) is 0 Å². The normalized spacial score (nSPS) is 31.3. The SMILES string of the molecule is CC1(C)CCOC2(CCCCC2)CN1. The highest BCUT2D eigenvalue weighted by atomic mass is 16.5. The molecule has 2 heteroatoms. The van der Waals surface area contributed by atoms with E-state index in [-0.39, 0.29) is 11.1 Å². The molecule has 2 fully saturated rings. The minimum atomic E-state index is 0.187. The lowest BCUT2D eigenvalue weighted by molar-refractivity contribution is -0.0582. The maximum Gasteiger partial charge on any atom is 0.0806 e. The third-order valence-corrected chi connectivity index (χ3v) is 3.79. The van der Waals surface area contributed by atoms with Crippen LogP contribution in [-0.2, 0) is 4.74 Å². The van der Waals surface area contributed by atoms with Crippen molar-refractivity contribution in [2.75, 3.05) is 13.2 Å². The summed E-state index contributed by atoms with van der Waals surface area (Å²) in [4.78, 5) is 0. The molecule has 0 atom stereocenters. The molecule has 0 unspecified atom stereocenters. The van der Waals surface area contributed by atoms with E-state index in [4.69, 9.17) is 4.74 Å². The summed E-state index contributed by atoms with van der Waals surface area (Å²) in [5, 5.41) is 3.66. The Hall–Kier alpha value is -0.0800. The first-order valence-electron chi connectivity index (χ1n) is 6.01. The summed E-state index contributed by atoms with van der Waals surface area (Å²) in [6.45, 7) is 6.54. The van der Waals surface area contributed by atoms with Crippen molar-refractivity contribution in [3.63, 3.8) is 0 Å². The lowest BCUT2D eigenvalue weighted by atomic mass is 9.84. The molecular formula is C12H23NO. The molecule has 1 saturated heterocycles. The number of hydrogen-bond donors (Lipinski definition) is 1. The molecule has 0 amide bonds. The molecule has 2 nitrogen and oxygen atoms in total. The van der Waals surface area contributed by atoms with Crippen molar-refractivity contribution < 1.29 is 4.74 Å². The first-order chi connectivity index (χ1) is 6.62. The van der Waals surface area contributed by atoms with Crippen molar-refractivity contribution in [2.24, 2.45) is 0 Å². The summed E-state index contributed by atoms with van der Waals surface area (Å²) >= 11 is 0. The van der Waals surface area contributed by atoms with Crippen molar-refractivity contribution in [1.82, 2.24) is 5.32 Å². The van der Waals surface area contributed by atoms with Gasteiger partial charge < -0.3 is 10.1 Å². The molecule has 1 aliphatic carbocycles. The fourth-order valence-electron chi connectivity index (χ4n) is 2.58. The third-order valence-electron chi connectivity index (χ3n) is 3.79. The zero-order chi connectivity index (χ0) is 10.1. The topological polar surface area (TPSA) is 21.3 Å². The van der Waals surface area contributed by atoms with Crippen LogP contribution in [0.4, 0.5) is 0 Å². The van der Waals surface area contributed by atoms with Crippen LogP contribution in [0.5, 0.6) is 0 Å². The van der Waals surface area contributed by atoms with Gasteiger partial charge in [0.15, 0.2) is 0 Å². The fraction of sp³-hybridized carbons (Fsp3) is 1.00. The van der Waals surface area contributed by atoms with Crippen LogP contribution in [0.3, 0.4) is 0 Å². The molecule has 0 radical (unpaired) electrons. The van der Waals surface area contributed by atoms with E-state index in [1.807, 2.05) is 0 Å². The van der Waals surface area contributed by atoms with E-state index < -0.39 is 0 Å². The number of rotatable bonds is 0. The van der Waals surface area contributed by atoms with Crippen molar-refractivity contribution in [2.45, 2.75) is 63.5 Å². The lowest BCUT2D eigenvalue weighted by Crippen LogP contribution is -2.47. The van der Waals surface area contributed by atoms with Gasteiger partial charge >= 0.3 is 0 Å². The Morgan fingerprint density at radius 2 is 1.71 bits per heavy atom. The molecule has 1 N–H and O–H groups in total. The second-order valence-electron chi connectivity index (χ2n) is 5.58. The predicted octanol–water partition coefficient (Wildman–Crippen LogP) is 2.48. The first-order valence-corrected chi connectivity index (χ1v) is 6.01. The van der Waals surface area contributed by atoms with Crippen molar-refractivity contribution >= 4 is 0 Å². The van der Waals surface area contributed by atoms with Gasteiger partial charge in [-0.15, -0.1) is 0 Å². The van der Waals surface area contributed by atoms with E-state index in [1.165, 1.54) is 32.1 Å². The molecule has 0 aromatic rings. The highest BCUT2D eigenvalue weighted by Crippen LogP contribution is 2.33. The van der Waals surface area contributed by atoms with Crippen LogP contribution < -0.4 is 5.32 Å². The zero-order valence-corrected chi connectivity index (χ0v) is 9.57. The smallest absolute Gasteiger partial charge is 0.0806 e. The third kappa shape index (κ3) is 2.29. The van der Waals surface area contributed by atoms with Gasteiger partial charge in [-0.1, -0.05) is 19.3 Å². The Balaban J connectivity index is 1.99. The molecule has 0 aromatic heterocycles. The van der Waals surface area contributed by atoms with E-state index in [1.54, 1.807) is 0 Å². The molecular weight excluding hydrogens is 174 g/mol. The Kier molecular flexibility index (Phi) is 2.85.